The summed E-state index contributed by atoms with van der Waals surface area (Å²) in [6.07, 6.45) is 2.92. The summed E-state index contributed by atoms with van der Waals surface area (Å²) in [5.74, 6) is 0.375. The molecule has 0 aliphatic heterocycles. The molecule has 0 spiro atoms. The van der Waals surface area contributed by atoms with Crippen molar-refractivity contribution in [1.82, 2.24) is 15.1 Å². The summed E-state index contributed by atoms with van der Waals surface area (Å²) in [4.78, 5) is 11.0. The fraction of sp³-hybridized carbons (Fsp3) is 0.556. The van der Waals surface area contributed by atoms with E-state index >= 15 is 0 Å². The van der Waals surface area contributed by atoms with Crippen LogP contribution < -0.4 is 5.32 Å². The lowest BCUT2D eigenvalue weighted by Gasteiger charge is -2.03. The molecule has 0 saturated carbocycles. The number of carbonyl (C=O) groups excluding carboxylic acids is 1. The maximum Gasteiger partial charge on any atom is 0.221 e. The van der Waals surface area contributed by atoms with Crippen molar-refractivity contribution in [3.8, 4) is 0 Å². The lowest BCUT2D eigenvalue weighted by molar-refractivity contribution is -0.120. The van der Waals surface area contributed by atoms with Crippen LogP contribution in [-0.2, 0) is 18.3 Å². The van der Waals surface area contributed by atoms with Crippen molar-refractivity contribution in [2.24, 2.45) is 7.05 Å². The molecule has 1 aromatic rings. The van der Waals surface area contributed by atoms with E-state index < -0.39 is 0 Å². The molecule has 0 aliphatic rings. The molecule has 1 aromatic heterocycles. The van der Waals surface area contributed by atoms with Gasteiger partial charge >= 0.3 is 0 Å². The largest absolute Gasteiger partial charge is 0.356 e. The van der Waals surface area contributed by atoms with Crippen molar-refractivity contribution in [2.75, 3.05) is 12.4 Å². The summed E-state index contributed by atoms with van der Waals surface area (Å²) in [5, 5.41) is 6.82. The Morgan fingerprint density at radius 3 is 3.07 bits per heavy atom. The van der Waals surface area contributed by atoms with Gasteiger partial charge in [0, 0.05) is 44.2 Å². The summed E-state index contributed by atoms with van der Waals surface area (Å²) >= 11 is 5.43. The first-order valence-electron chi connectivity index (χ1n) is 4.53. The number of nitrogens with zero attached hydrogens (tertiary/aromatic N) is 2. The molecule has 0 aliphatic carbocycles. The van der Waals surface area contributed by atoms with Crippen molar-refractivity contribution in [1.29, 1.82) is 0 Å². The van der Waals surface area contributed by atoms with Gasteiger partial charge in [-0.15, -0.1) is 11.6 Å². The van der Waals surface area contributed by atoms with Gasteiger partial charge in [-0.3, -0.25) is 9.48 Å². The third kappa shape index (κ3) is 3.38. The average Bonchev–Trinajstić information content (AvgIpc) is 2.52. The van der Waals surface area contributed by atoms with Crippen LogP contribution in [0.3, 0.4) is 0 Å². The molecule has 0 saturated heterocycles. The Balaban J connectivity index is 2.22. The van der Waals surface area contributed by atoms with Crippen molar-refractivity contribution in [3.05, 3.63) is 18.0 Å². The number of amides is 1. The number of halogens is 1. The van der Waals surface area contributed by atoms with Gasteiger partial charge in [-0.25, -0.2) is 0 Å². The molecule has 14 heavy (non-hydrogen) atoms. The van der Waals surface area contributed by atoms with Gasteiger partial charge in [0.25, 0.3) is 0 Å². The molecule has 0 atom stereocenters. The molecule has 0 bridgehead atoms. The number of rotatable bonds is 5. The number of aryl methyl sites for hydroxylation is 1. The van der Waals surface area contributed by atoms with Gasteiger partial charge in [-0.05, 0) is 6.07 Å². The number of aromatic nitrogens is 2. The third-order valence-corrected chi connectivity index (χ3v) is 2.14. The van der Waals surface area contributed by atoms with Gasteiger partial charge in [0.1, 0.15) is 0 Å². The van der Waals surface area contributed by atoms with E-state index in [0.29, 0.717) is 18.8 Å². The number of alkyl halides is 1. The highest BCUT2D eigenvalue weighted by atomic mass is 35.5. The summed E-state index contributed by atoms with van der Waals surface area (Å²) in [7, 11) is 1.88. The van der Waals surface area contributed by atoms with E-state index in [0.717, 1.165) is 12.1 Å². The van der Waals surface area contributed by atoms with E-state index in [1.165, 1.54) is 0 Å². The molecule has 0 radical (unpaired) electrons. The fourth-order valence-corrected chi connectivity index (χ4v) is 1.32. The monoisotopic (exact) mass is 215 g/mol. The number of nitrogens with one attached hydrogen (secondary N) is 1. The first-order chi connectivity index (χ1) is 6.74. The molecule has 1 amide bonds. The topological polar surface area (TPSA) is 46.9 Å². The molecule has 1 rings (SSSR count). The van der Waals surface area contributed by atoms with Gasteiger partial charge in [0.2, 0.25) is 5.91 Å². The van der Waals surface area contributed by atoms with E-state index in [1.54, 1.807) is 10.9 Å². The maximum absolute atomic E-state index is 11.0. The first kappa shape index (κ1) is 11.0. The standard InChI is InChI=1S/C9H14ClN3O/c1-13-8(4-7-12-13)3-6-11-9(14)2-5-10/h4,7H,2-3,5-6H2,1H3,(H,11,14). The van der Waals surface area contributed by atoms with E-state index in [1.807, 2.05) is 13.1 Å². The lowest BCUT2D eigenvalue weighted by Crippen LogP contribution is -2.26. The van der Waals surface area contributed by atoms with Crippen LogP contribution in [0, 0.1) is 0 Å². The van der Waals surface area contributed by atoms with Gasteiger partial charge < -0.3 is 5.32 Å². The minimum absolute atomic E-state index is 0.00201. The predicted octanol–water partition coefficient (Wildman–Crippen LogP) is 0.708. The van der Waals surface area contributed by atoms with Gasteiger partial charge in [0.05, 0.1) is 0 Å². The zero-order valence-electron chi connectivity index (χ0n) is 8.16. The second-order valence-corrected chi connectivity index (χ2v) is 3.36. The summed E-state index contributed by atoms with van der Waals surface area (Å²) in [6, 6.07) is 1.94. The molecule has 5 heteroatoms. The molecule has 78 valence electrons. The second kappa shape index (κ2) is 5.65. The molecule has 0 unspecified atom stereocenters. The Morgan fingerprint density at radius 2 is 2.50 bits per heavy atom. The van der Waals surface area contributed by atoms with Crippen LogP contribution in [0.4, 0.5) is 0 Å². The average molecular weight is 216 g/mol. The Kier molecular flexibility index (Phi) is 4.46. The normalized spacial score (nSPS) is 10.1. The number of hydrogen-bond acceptors (Lipinski definition) is 2. The van der Waals surface area contributed by atoms with Gasteiger partial charge in [0.15, 0.2) is 0 Å². The molecular formula is C9H14ClN3O. The van der Waals surface area contributed by atoms with Gasteiger partial charge in [-0.2, -0.15) is 5.10 Å². The second-order valence-electron chi connectivity index (χ2n) is 2.99. The molecule has 0 fully saturated rings. The lowest BCUT2D eigenvalue weighted by atomic mass is 10.3. The highest BCUT2D eigenvalue weighted by molar-refractivity contribution is 6.18. The van der Waals surface area contributed by atoms with Crippen molar-refractivity contribution >= 4 is 17.5 Å². The summed E-state index contributed by atoms with van der Waals surface area (Å²) in [6.45, 7) is 0.634. The predicted molar refractivity (Wildman–Crippen MR) is 55.3 cm³/mol. The van der Waals surface area contributed by atoms with Crippen LogP contribution in [0.1, 0.15) is 12.1 Å². The summed E-state index contributed by atoms with van der Waals surface area (Å²) < 4.78 is 1.80. The van der Waals surface area contributed by atoms with Crippen molar-refractivity contribution < 1.29 is 4.79 Å². The first-order valence-corrected chi connectivity index (χ1v) is 5.07. The minimum atomic E-state index is 0.00201. The zero-order chi connectivity index (χ0) is 10.4. The zero-order valence-corrected chi connectivity index (χ0v) is 8.92. The van der Waals surface area contributed by atoms with E-state index in [4.69, 9.17) is 11.6 Å². The molecule has 0 aromatic carbocycles. The highest BCUT2D eigenvalue weighted by Crippen LogP contribution is 1.96. The smallest absolute Gasteiger partial charge is 0.221 e. The van der Waals surface area contributed by atoms with E-state index in [-0.39, 0.29) is 5.91 Å². The van der Waals surface area contributed by atoms with Crippen LogP contribution in [0.15, 0.2) is 12.3 Å². The quantitative estimate of drug-likeness (QED) is 0.736. The van der Waals surface area contributed by atoms with Crippen LogP contribution in [0.5, 0.6) is 0 Å². The Hall–Kier alpha value is -1.03. The summed E-state index contributed by atoms with van der Waals surface area (Å²) in [5.41, 5.74) is 1.11. The SMILES string of the molecule is Cn1nccc1CCNC(=O)CCCl. The fourth-order valence-electron chi connectivity index (χ4n) is 1.15. The van der Waals surface area contributed by atoms with Crippen LogP contribution in [0.25, 0.3) is 0 Å². The van der Waals surface area contributed by atoms with Crippen molar-refractivity contribution in [3.63, 3.8) is 0 Å². The highest BCUT2D eigenvalue weighted by Gasteiger charge is 2.01. The Bertz CT molecular complexity index is 298. The maximum atomic E-state index is 11.0. The molecule has 1 heterocycles. The third-order valence-electron chi connectivity index (χ3n) is 1.95. The Labute approximate surface area is 88.2 Å². The van der Waals surface area contributed by atoms with Crippen molar-refractivity contribution in [2.45, 2.75) is 12.8 Å². The molecule has 1 N–H and O–H groups in total. The van der Waals surface area contributed by atoms with Gasteiger partial charge in [-0.1, -0.05) is 0 Å². The Morgan fingerprint density at radius 1 is 1.71 bits per heavy atom. The number of hydrogen-bond donors (Lipinski definition) is 1. The van der Waals surface area contributed by atoms with E-state index in [9.17, 15) is 4.79 Å². The minimum Gasteiger partial charge on any atom is -0.356 e. The number of carbonyl (C=O) groups is 1. The molecular weight excluding hydrogens is 202 g/mol. The van der Waals surface area contributed by atoms with Crippen LogP contribution >= 0.6 is 11.6 Å². The molecule has 4 nitrogen and oxygen atoms in total. The van der Waals surface area contributed by atoms with Crippen LogP contribution in [0.2, 0.25) is 0 Å². The van der Waals surface area contributed by atoms with Crippen LogP contribution in [-0.4, -0.2) is 28.1 Å². The van der Waals surface area contributed by atoms with E-state index in [2.05, 4.69) is 10.4 Å².